The van der Waals surface area contributed by atoms with E-state index >= 15 is 0 Å². The van der Waals surface area contributed by atoms with Gasteiger partial charge in [0.05, 0.1) is 22.4 Å². The fraction of sp³-hybridized carbons (Fsp3) is 0. The lowest BCUT2D eigenvalue weighted by Crippen LogP contribution is -1.97. The maximum atomic E-state index is 5.32. The van der Waals surface area contributed by atoms with E-state index in [4.69, 9.17) is 9.97 Å². The van der Waals surface area contributed by atoms with Crippen molar-refractivity contribution >= 4 is 21.8 Å². The molecule has 0 spiro atoms. The Morgan fingerprint density at radius 1 is 0.224 bits per heavy atom. The molecule has 0 atom stereocenters. The van der Waals surface area contributed by atoms with Crippen molar-refractivity contribution in [2.24, 2.45) is 0 Å². The molecule has 0 aliphatic rings. The highest BCUT2D eigenvalue weighted by Crippen LogP contribution is 2.36. The second kappa shape index (κ2) is 17.2. The molecule has 12 rings (SSSR count). The topological polar surface area (TPSA) is 30.7 Å². The molecule has 2 heterocycles. The van der Waals surface area contributed by atoms with Crippen molar-refractivity contribution in [1.29, 1.82) is 0 Å². The van der Waals surface area contributed by atoms with Crippen LogP contribution in [-0.4, -0.2) is 14.5 Å². The lowest BCUT2D eigenvalue weighted by molar-refractivity contribution is 1.18. The first-order valence-electron chi connectivity index (χ1n) is 22.8. The molecule has 0 unspecified atom stereocenters. The van der Waals surface area contributed by atoms with Crippen molar-refractivity contribution in [3.05, 3.63) is 261 Å². The van der Waals surface area contributed by atoms with Gasteiger partial charge < -0.3 is 4.57 Å². The van der Waals surface area contributed by atoms with Gasteiger partial charge in [0.15, 0.2) is 5.82 Å². The van der Waals surface area contributed by atoms with Crippen molar-refractivity contribution in [3.8, 4) is 95.2 Å². The highest BCUT2D eigenvalue weighted by Gasteiger charge is 2.15. The summed E-state index contributed by atoms with van der Waals surface area (Å²) in [6.45, 7) is 0. The van der Waals surface area contributed by atoms with E-state index in [1.54, 1.807) is 0 Å². The molecule has 0 aliphatic heterocycles. The lowest BCUT2D eigenvalue weighted by Gasteiger charge is -2.13. The summed E-state index contributed by atoms with van der Waals surface area (Å²) in [7, 11) is 0. The van der Waals surface area contributed by atoms with Gasteiger partial charge >= 0.3 is 0 Å². The lowest BCUT2D eigenvalue weighted by atomic mass is 9.95. The third kappa shape index (κ3) is 7.79. The number of nitrogens with zero attached hydrogens (tertiary/aromatic N) is 3. The van der Waals surface area contributed by atoms with Gasteiger partial charge in [0, 0.05) is 33.2 Å². The summed E-state index contributed by atoms with van der Waals surface area (Å²) in [5, 5.41) is 2.50. The molecule has 0 amide bonds. The first-order chi connectivity index (χ1) is 33.2. The molecule has 314 valence electrons. The highest BCUT2D eigenvalue weighted by atomic mass is 15.0. The minimum atomic E-state index is 0.674. The SMILES string of the molecule is c1ccc(-c2cccc(-c3cccc(-c4ccc(-c5cc(-c6cccc(-c7ccccc7)c6)nc(-c6cccc(-c7cccc(-n8c9ccccc9c9ccccc98)c7)c6)n5)cc4)c3)c2)cc1. The van der Waals surface area contributed by atoms with Crippen LogP contribution in [0.25, 0.3) is 117 Å². The second-order valence-electron chi connectivity index (χ2n) is 17.0. The van der Waals surface area contributed by atoms with Crippen molar-refractivity contribution in [1.82, 2.24) is 14.5 Å². The average molecular weight is 854 g/mol. The number of aromatic nitrogens is 3. The molecular formula is C64H43N3. The van der Waals surface area contributed by atoms with E-state index < -0.39 is 0 Å². The minimum absolute atomic E-state index is 0.674. The van der Waals surface area contributed by atoms with Crippen LogP contribution in [0.15, 0.2) is 261 Å². The minimum Gasteiger partial charge on any atom is -0.309 e. The fourth-order valence-electron chi connectivity index (χ4n) is 9.44. The van der Waals surface area contributed by atoms with E-state index in [9.17, 15) is 0 Å². The van der Waals surface area contributed by atoms with Crippen LogP contribution in [0.3, 0.4) is 0 Å². The Bertz CT molecular complexity index is 3680. The molecule has 3 heteroatoms. The maximum absolute atomic E-state index is 5.32. The molecule has 3 nitrogen and oxygen atoms in total. The van der Waals surface area contributed by atoms with E-state index in [0.717, 1.165) is 61.6 Å². The van der Waals surface area contributed by atoms with Crippen LogP contribution in [0.1, 0.15) is 0 Å². The Balaban J connectivity index is 0.919. The largest absolute Gasteiger partial charge is 0.309 e. The monoisotopic (exact) mass is 853 g/mol. The van der Waals surface area contributed by atoms with Crippen LogP contribution >= 0.6 is 0 Å². The van der Waals surface area contributed by atoms with Crippen LogP contribution < -0.4 is 0 Å². The third-order valence-electron chi connectivity index (χ3n) is 12.8. The summed E-state index contributed by atoms with van der Waals surface area (Å²) in [6, 6.07) is 93.0. The molecule has 2 aromatic heterocycles. The van der Waals surface area contributed by atoms with Gasteiger partial charge in [-0.05, 0) is 110 Å². The number of hydrogen-bond donors (Lipinski definition) is 0. The number of rotatable bonds is 9. The second-order valence-corrected chi connectivity index (χ2v) is 17.0. The molecule has 67 heavy (non-hydrogen) atoms. The van der Waals surface area contributed by atoms with Gasteiger partial charge in [0.1, 0.15) is 0 Å². The molecule has 0 saturated carbocycles. The quantitative estimate of drug-likeness (QED) is 0.145. The van der Waals surface area contributed by atoms with Gasteiger partial charge in [-0.3, -0.25) is 0 Å². The summed E-state index contributed by atoms with van der Waals surface area (Å²) in [5.41, 5.74) is 19.9. The number of fused-ring (bicyclic) bond motifs is 3. The van der Waals surface area contributed by atoms with E-state index in [1.165, 1.54) is 49.6 Å². The Morgan fingerprint density at radius 3 is 1.10 bits per heavy atom. The summed E-state index contributed by atoms with van der Waals surface area (Å²) in [5.74, 6) is 0.674. The first-order valence-corrected chi connectivity index (χ1v) is 22.8. The summed E-state index contributed by atoms with van der Waals surface area (Å²) in [6.07, 6.45) is 0. The van der Waals surface area contributed by atoms with Crippen molar-refractivity contribution < 1.29 is 0 Å². The zero-order valence-corrected chi connectivity index (χ0v) is 36.7. The Hall–Kier alpha value is -8.92. The maximum Gasteiger partial charge on any atom is 0.160 e. The average Bonchev–Trinajstić information content (AvgIpc) is 3.76. The summed E-state index contributed by atoms with van der Waals surface area (Å²) < 4.78 is 2.37. The van der Waals surface area contributed by atoms with Crippen LogP contribution in [0.5, 0.6) is 0 Å². The summed E-state index contributed by atoms with van der Waals surface area (Å²) >= 11 is 0. The normalized spacial score (nSPS) is 11.3. The molecule has 0 bridgehead atoms. The zero-order chi connectivity index (χ0) is 44.5. The van der Waals surface area contributed by atoms with Gasteiger partial charge in [0.2, 0.25) is 0 Å². The predicted octanol–water partition coefficient (Wildman–Crippen LogP) is 16.9. The number of para-hydroxylation sites is 2. The predicted molar refractivity (Wildman–Crippen MR) is 280 cm³/mol. The van der Waals surface area contributed by atoms with Crippen LogP contribution in [-0.2, 0) is 0 Å². The van der Waals surface area contributed by atoms with Gasteiger partial charge in [0.25, 0.3) is 0 Å². The molecule has 10 aromatic carbocycles. The van der Waals surface area contributed by atoms with Crippen LogP contribution in [0, 0.1) is 0 Å². The standard InChI is InChI=1S/C64H43N3/c1-3-16-44(17-4-1)48-20-11-23-51(38-48)52-24-12-21-49(39-52)46-34-36-47(37-35-46)60-43-61(55-27-13-22-50(40-55)45-18-5-2-6-19-45)66-64(65-60)56-28-14-25-53(41-56)54-26-15-29-57(42-54)67-62-32-9-7-30-58(62)59-31-8-10-33-63(59)67/h1-43H. The van der Waals surface area contributed by atoms with Crippen LogP contribution in [0.2, 0.25) is 0 Å². The Morgan fingerprint density at radius 2 is 0.567 bits per heavy atom. The molecule has 0 fully saturated rings. The van der Waals surface area contributed by atoms with E-state index in [0.29, 0.717) is 5.82 Å². The van der Waals surface area contributed by atoms with Gasteiger partial charge in [-0.1, -0.05) is 206 Å². The van der Waals surface area contributed by atoms with Gasteiger partial charge in [-0.15, -0.1) is 0 Å². The molecule has 0 saturated heterocycles. The first kappa shape index (κ1) is 39.7. The van der Waals surface area contributed by atoms with E-state index in [1.807, 2.05) is 0 Å². The van der Waals surface area contributed by atoms with E-state index in [-0.39, 0.29) is 0 Å². The highest BCUT2D eigenvalue weighted by molar-refractivity contribution is 6.09. The van der Waals surface area contributed by atoms with Gasteiger partial charge in [-0.25, -0.2) is 9.97 Å². The number of hydrogen-bond acceptors (Lipinski definition) is 2. The van der Waals surface area contributed by atoms with Crippen molar-refractivity contribution in [2.75, 3.05) is 0 Å². The summed E-state index contributed by atoms with van der Waals surface area (Å²) in [4.78, 5) is 10.6. The van der Waals surface area contributed by atoms with Crippen molar-refractivity contribution in [2.45, 2.75) is 0 Å². The van der Waals surface area contributed by atoms with Crippen molar-refractivity contribution in [3.63, 3.8) is 0 Å². The molecule has 0 N–H and O–H groups in total. The Labute approximate surface area is 390 Å². The third-order valence-corrected chi connectivity index (χ3v) is 12.8. The van der Waals surface area contributed by atoms with E-state index in [2.05, 4.69) is 265 Å². The molecule has 12 aromatic rings. The molecule has 0 radical (unpaired) electrons. The zero-order valence-electron chi connectivity index (χ0n) is 36.7. The molecular weight excluding hydrogens is 811 g/mol. The smallest absolute Gasteiger partial charge is 0.160 e. The molecule has 0 aliphatic carbocycles. The van der Waals surface area contributed by atoms with Gasteiger partial charge in [-0.2, -0.15) is 0 Å². The van der Waals surface area contributed by atoms with Crippen LogP contribution in [0.4, 0.5) is 0 Å². The Kier molecular flexibility index (Phi) is 10.2. The fourth-order valence-corrected chi connectivity index (χ4v) is 9.44. The number of benzene rings is 10.